The van der Waals surface area contributed by atoms with E-state index in [1.165, 1.54) is 13.8 Å². The summed E-state index contributed by atoms with van der Waals surface area (Å²) in [7, 11) is 0. The molecule has 0 saturated heterocycles. The van der Waals surface area contributed by atoms with Gasteiger partial charge in [0, 0.05) is 24.8 Å². The van der Waals surface area contributed by atoms with E-state index < -0.39 is 29.6 Å². The molecule has 1 atom stereocenters. The Labute approximate surface area is 87.0 Å². The summed E-state index contributed by atoms with van der Waals surface area (Å²) in [5, 5.41) is 11.0. The second-order valence-corrected chi connectivity index (χ2v) is 4.49. The van der Waals surface area contributed by atoms with Gasteiger partial charge in [-0.05, 0) is 13.8 Å². The highest BCUT2D eigenvalue weighted by Crippen LogP contribution is 2.29. The Morgan fingerprint density at radius 2 is 2.21 bits per heavy atom. The Morgan fingerprint density at radius 3 is 2.57 bits per heavy atom. The number of rotatable bonds is 5. The minimum absolute atomic E-state index is 0.535. The second-order valence-electron chi connectivity index (χ2n) is 3.11. The smallest absolute Gasteiger partial charge is 0.327 e. The number of carbonyl (C=O) groups is 2. The Hall–Kier alpha value is -1.11. The third-order valence-corrected chi connectivity index (χ3v) is 2.30. The lowest BCUT2D eigenvalue weighted by molar-refractivity contribution is -0.142. The van der Waals surface area contributed by atoms with Crippen LogP contribution in [0.4, 0.5) is 0 Å². The van der Waals surface area contributed by atoms with Crippen LogP contribution in [0, 0.1) is 4.91 Å². The number of amides is 1. The summed E-state index contributed by atoms with van der Waals surface area (Å²) in [6.07, 6.45) is 0. The molecular formula is C7H12N2O4S. The van der Waals surface area contributed by atoms with Crippen molar-refractivity contribution in [2.75, 3.05) is 0 Å². The zero-order chi connectivity index (χ0) is 12.1. The van der Waals surface area contributed by atoms with E-state index in [4.69, 9.17) is 6.48 Å². The van der Waals surface area contributed by atoms with Crippen LogP contribution in [0.2, 0.25) is 0 Å². The van der Waals surface area contributed by atoms with Crippen LogP contribution in [-0.4, -0.2) is 27.8 Å². The molecule has 0 aliphatic heterocycles. The fourth-order valence-corrected chi connectivity index (χ4v) is 1.30. The first-order valence-electron chi connectivity index (χ1n) is 4.38. The van der Waals surface area contributed by atoms with Gasteiger partial charge in [0.25, 0.3) is 0 Å². The van der Waals surface area contributed by atoms with E-state index in [-0.39, 0.29) is 0 Å². The van der Waals surface area contributed by atoms with Gasteiger partial charge in [-0.2, -0.15) is 0 Å². The predicted molar refractivity (Wildman–Crippen MR) is 52.7 cm³/mol. The Balaban J connectivity index is 4.72. The Kier molecular flexibility index (Phi) is 3.87. The number of carboxylic acids is 1. The van der Waals surface area contributed by atoms with Crippen LogP contribution in [0.25, 0.3) is 0 Å². The van der Waals surface area contributed by atoms with E-state index in [0.717, 1.165) is 0 Å². The number of hydrogen-bond donors (Lipinski definition) is 2. The van der Waals surface area contributed by atoms with E-state index in [1.54, 1.807) is 0 Å². The highest BCUT2D eigenvalue weighted by molar-refractivity contribution is 7.99. The first-order valence-corrected chi connectivity index (χ1v) is 4.44. The fraction of sp³-hybridized carbons (Fsp3) is 0.714. The largest absolute Gasteiger partial charge is 0.480 e. The third-order valence-electron chi connectivity index (χ3n) is 1.52. The standard InChI is InChI=1S/C7H12N2O4S/c1-4(10)8-5(6(11)12)7(2,3)14-9-13/h5H,1-3H3,(H,8,10)(H,11,12)/t5-/m1/s1/i1D. The number of hydrogen-bond acceptors (Lipinski definition) is 5. The van der Waals surface area contributed by atoms with Crippen LogP contribution < -0.4 is 5.32 Å². The summed E-state index contributed by atoms with van der Waals surface area (Å²) >= 11 is 0.535. The van der Waals surface area contributed by atoms with Gasteiger partial charge in [0.1, 0.15) is 6.04 Å². The Morgan fingerprint density at radius 1 is 1.64 bits per heavy atom. The molecule has 0 aliphatic carbocycles. The van der Waals surface area contributed by atoms with Gasteiger partial charge < -0.3 is 10.4 Å². The van der Waals surface area contributed by atoms with Crippen molar-refractivity contribution in [3.05, 3.63) is 4.91 Å². The maximum Gasteiger partial charge on any atom is 0.327 e. The molecule has 0 radical (unpaired) electrons. The monoisotopic (exact) mass is 221 g/mol. The number of nitrogens with zero attached hydrogens (tertiary/aromatic N) is 1. The molecule has 0 heterocycles. The molecule has 0 rings (SSSR count). The highest BCUT2D eigenvalue weighted by atomic mass is 32.2. The van der Waals surface area contributed by atoms with Crippen LogP contribution in [0.1, 0.15) is 22.1 Å². The lowest BCUT2D eigenvalue weighted by Crippen LogP contribution is -2.51. The molecule has 0 aliphatic rings. The topological polar surface area (TPSA) is 95.8 Å². The van der Waals surface area contributed by atoms with Gasteiger partial charge in [-0.25, -0.2) is 4.79 Å². The summed E-state index contributed by atoms with van der Waals surface area (Å²) in [5.41, 5.74) is 0. The number of aliphatic carboxylic acids is 1. The van der Waals surface area contributed by atoms with Crippen LogP contribution in [0.3, 0.4) is 0 Å². The third kappa shape index (κ3) is 3.73. The molecule has 0 spiro atoms. The minimum Gasteiger partial charge on any atom is -0.480 e. The summed E-state index contributed by atoms with van der Waals surface area (Å²) in [6.45, 7) is 2.39. The highest BCUT2D eigenvalue weighted by Gasteiger charge is 2.37. The number of carboxylic acid groups (broad SMARTS) is 1. The maximum absolute atomic E-state index is 10.9. The van der Waals surface area contributed by atoms with Gasteiger partial charge in [-0.15, -0.1) is 4.91 Å². The van der Waals surface area contributed by atoms with Gasteiger partial charge in [0.05, 0.1) is 4.75 Å². The first kappa shape index (κ1) is 11.0. The fourth-order valence-electron chi connectivity index (χ4n) is 0.843. The number of nitrogens with one attached hydrogen (secondary N) is 1. The first-order chi connectivity index (χ1) is 6.85. The predicted octanol–water partition coefficient (Wildman–Crippen LogP) is 0.769. The van der Waals surface area contributed by atoms with Crippen molar-refractivity contribution in [3.8, 4) is 0 Å². The molecule has 80 valence electrons. The van der Waals surface area contributed by atoms with E-state index in [0.29, 0.717) is 11.9 Å². The molecule has 0 saturated carbocycles. The van der Waals surface area contributed by atoms with E-state index in [9.17, 15) is 14.5 Å². The molecule has 6 nitrogen and oxygen atoms in total. The average Bonchev–Trinajstić information content (AvgIpc) is 2.12. The molecular weight excluding hydrogens is 208 g/mol. The van der Waals surface area contributed by atoms with Gasteiger partial charge in [-0.3, -0.25) is 4.79 Å². The van der Waals surface area contributed by atoms with Gasteiger partial charge in [0.2, 0.25) is 5.91 Å². The molecule has 0 bridgehead atoms. The zero-order valence-electron chi connectivity index (χ0n) is 8.81. The quantitative estimate of drug-likeness (QED) is 0.528. The van der Waals surface area contributed by atoms with Gasteiger partial charge >= 0.3 is 5.97 Å². The lowest BCUT2D eigenvalue weighted by atomic mass is 10.0. The molecule has 14 heavy (non-hydrogen) atoms. The van der Waals surface area contributed by atoms with E-state index in [2.05, 4.69) is 9.90 Å². The molecule has 0 fully saturated rings. The molecule has 1 amide bonds. The van der Waals surface area contributed by atoms with E-state index >= 15 is 0 Å². The molecule has 2 N–H and O–H groups in total. The van der Waals surface area contributed by atoms with Crippen molar-refractivity contribution in [3.63, 3.8) is 0 Å². The maximum atomic E-state index is 10.9. The van der Waals surface area contributed by atoms with Crippen LogP contribution in [0.5, 0.6) is 0 Å². The van der Waals surface area contributed by atoms with Gasteiger partial charge in [-0.1, -0.05) is 0 Å². The lowest BCUT2D eigenvalue weighted by Gasteiger charge is -2.27. The van der Waals surface area contributed by atoms with Crippen LogP contribution in [0.15, 0.2) is 4.58 Å². The van der Waals surface area contributed by atoms with E-state index in [1.807, 2.05) is 0 Å². The minimum atomic E-state index is -1.27. The van der Waals surface area contributed by atoms with Crippen molar-refractivity contribution in [2.24, 2.45) is 4.58 Å². The molecule has 0 aromatic rings. The van der Waals surface area contributed by atoms with Crippen molar-refractivity contribution >= 4 is 23.8 Å². The normalized spacial score (nSPS) is 14.0. The molecule has 0 unspecified atom stereocenters. The van der Waals surface area contributed by atoms with Crippen molar-refractivity contribution in [2.45, 2.75) is 31.5 Å². The average molecular weight is 221 g/mol. The summed E-state index contributed by atoms with van der Waals surface area (Å²) in [5.74, 6) is -1.97. The van der Waals surface area contributed by atoms with Crippen molar-refractivity contribution < 1.29 is 16.1 Å². The molecule has 7 heteroatoms. The number of nitroso groups, excluding NO2 is 1. The second kappa shape index (κ2) is 4.94. The Bertz CT molecular complexity index is 272. The summed E-state index contributed by atoms with van der Waals surface area (Å²) < 4.78 is 8.24. The zero-order valence-corrected chi connectivity index (χ0v) is 8.63. The molecule has 0 aromatic heterocycles. The number of carbonyl (C=O) groups excluding carboxylic acids is 1. The van der Waals surface area contributed by atoms with Crippen molar-refractivity contribution in [1.82, 2.24) is 5.32 Å². The van der Waals surface area contributed by atoms with Gasteiger partial charge in [0.15, 0.2) is 0 Å². The van der Waals surface area contributed by atoms with Crippen molar-refractivity contribution in [1.29, 1.82) is 0 Å². The molecule has 0 aromatic carbocycles. The van der Waals surface area contributed by atoms with Crippen LogP contribution in [-0.2, 0) is 9.59 Å². The summed E-state index contributed by atoms with van der Waals surface area (Å²) in [6, 6.07) is -1.25. The summed E-state index contributed by atoms with van der Waals surface area (Å²) in [4.78, 5) is 31.8. The van der Waals surface area contributed by atoms with Crippen LogP contribution >= 0.6 is 11.9 Å². The SMILES string of the molecule is [2H]CC(=O)N[C@H](C(=O)O)C(C)(C)SN=O.